The molecule has 2 unspecified atom stereocenters. The molecule has 0 bridgehead atoms. The summed E-state index contributed by atoms with van der Waals surface area (Å²) < 4.78 is 0. The molecule has 0 aromatic rings. The summed E-state index contributed by atoms with van der Waals surface area (Å²) in [6, 6.07) is 1.44. The van der Waals surface area contributed by atoms with Gasteiger partial charge in [-0.2, -0.15) is 0 Å². The zero-order valence-corrected chi connectivity index (χ0v) is 11.1. The van der Waals surface area contributed by atoms with Crippen LogP contribution in [0.15, 0.2) is 0 Å². The van der Waals surface area contributed by atoms with Crippen molar-refractivity contribution >= 4 is 0 Å². The third kappa shape index (κ3) is 3.19. The van der Waals surface area contributed by atoms with E-state index in [9.17, 15) is 0 Å². The number of likely N-dealkylation sites (tertiary alicyclic amines) is 2. The Bertz CT molecular complexity index is 211. The fourth-order valence-corrected chi connectivity index (χ4v) is 3.11. The lowest BCUT2D eigenvalue weighted by Gasteiger charge is -2.34. The van der Waals surface area contributed by atoms with Crippen molar-refractivity contribution in [2.75, 3.05) is 40.3 Å². The average molecular weight is 225 g/mol. The van der Waals surface area contributed by atoms with Gasteiger partial charge in [-0.05, 0) is 65.8 Å². The van der Waals surface area contributed by atoms with Gasteiger partial charge in [-0.1, -0.05) is 0 Å². The summed E-state index contributed by atoms with van der Waals surface area (Å²) >= 11 is 0. The van der Waals surface area contributed by atoms with Crippen LogP contribution in [0.5, 0.6) is 0 Å². The molecule has 0 aromatic carbocycles. The van der Waals surface area contributed by atoms with Crippen LogP contribution in [0.4, 0.5) is 0 Å². The molecule has 2 fully saturated rings. The predicted octanol–water partition coefficient (Wildman–Crippen LogP) is 1.01. The van der Waals surface area contributed by atoms with Crippen LogP contribution in [-0.4, -0.2) is 62.2 Å². The van der Waals surface area contributed by atoms with Gasteiger partial charge in [0, 0.05) is 18.6 Å². The minimum absolute atomic E-state index is 0.699. The van der Waals surface area contributed by atoms with Crippen molar-refractivity contribution in [2.45, 2.75) is 38.3 Å². The highest BCUT2D eigenvalue weighted by molar-refractivity contribution is 4.85. The lowest BCUT2D eigenvalue weighted by molar-refractivity contribution is 0.184. The number of rotatable bonds is 3. The first kappa shape index (κ1) is 12.3. The predicted molar refractivity (Wildman–Crippen MR) is 68.7 cm³/mol. The molecular weight excluding hydrogens is 198 g/mol. The first-order valence-electron chi connectivity index (χ1n) is 6.78. The molecule has 94 valence electrons. The Hall–Kier alpha value is -0.120. The van der Waals surface area contributed by atoms with Crippen LogP contribution in [0.3, 0.4) is 0 Å². The number of hydrogen-bond acceptors (Lipinski definition) is 3. The van der Waals surface area contributed by atoms with Crippen LogP contribution in [0.2, 0.25) is 0 Å². The highest BCUT2D eigenvalue weighted by Crippen LogP contribution is 2.20. The molecule has 2 aliphatic rings. The standard InChI is InChI=1S/C13H27N3/c1-11(12-4-7-15(2)8-5-12)14-13-6-9-16(3)10-13/h11-14H,4-10H2,1-3H3. The van der Waals surface area contributed by atoms with Gasteiger partial charge in [0.1, 0.15) is 0 Å². The van der Waals surface area contributed by atoms with Gasteiger partial charge in [0.05, 0.1) is 0 Å². The second-order valence-electron chi connectivity index (χ2n) is 5.84. The van der Waals surface area contributed by atoms with Crippen LogP contribution in [0.1, 0.15) is 26.2 Å². The van der Waals surface area contributed by atoms with Crippen molar-refractivity contribution in [3.05, 3.63) is 0 Å². The van der Waals surface area contributed by atoms with E-state index in [1.807, 2.05) is 0 Å². The first-order valence-corrected chi connectivity index (χ1v) is 6.78. The van der Waals surface area contributed by atoms with E-state index >= 15 is 0 Å². The number of hydrogen-bond donors (Lipinski definition) is 1. The number of nitrogens with one attached hydrogen (secondary N) is 1. The molecule has 0 saturated carbocycles. The Labute approximate surface area is 100 Å². The van der Waals surface area contributed by atoms with Crippen LogP contribution in [0.25, 0.3) is 0 Å². The van der Waals surface area contributed by atoms with E-state index in [4.69, 9.17) is 0 Å². The molecule has 0 amide bonds. The molecule has 3 nitrogen and oxygen atoms in total. The molecule has 1 N–H and O–H groups in total. The van der Waals surface area contributed by atoms with E-state index in [1.165, 1.54) is 45.4 Å². The van der Waals surface area contributed by atoms with E-state index in [0.717, 1.165) is 12.0 Å². The van der Waals surface area contributed by atoms with Gasteiger partial charge >= 0.3 is 0 Å². The Balaban J connectivity index is 1.73. The van der Waals surface area contributed by atoms with Crippen molar-refractivity contribution in [3.8, 4) is 0 Å². The van der Waals surface area contributed by atoms with Gasteiger partial charge in [0.15, 0.2) is 0 Å². The Morgan fingerprint density at radius 2 is 1.62 bits per heavy atom. The summed E-state index contributed by atoms with van der Waals surface area (Å²) in [5.41, 5.74) is 0. The molecule has 2 aliphatic heterocycles. The van der Waals surface area contributed by atoms with Crippen molar-refractivity contribution in [1.29, 1.82) is 0 Å². The van der Waals surface area contributed by atoms with Crippen LogP contribution in [-0.2, 0) is 0 Å². The number of nitrogens with zero attached hydrogens (tertiary/aromatic N) is 2. The maximum absolute atomic E-state index is 3.83. The molecule has 3 heteroatoms. The van der Waals surface area contributed by atoms with Crippen molar-refractivity contribution < 1.29 is 0 Å². The highest BCUT2D eigenvalue weighted by atomic mass is 15.2. The van der Waals surface area contributed by atoms with E-state index in [2.05, 4.69) is 36.1 Å². The van der Waals surface area contributed by atoms with Crippen molar-refractivity contribution in [1.82, 2.24) is 15.1 Å². The lowest BCUT2D eigenvalue weighted by Crippen LogP contribution is -2.45. The van der Waals surface area contributed by atoms with E-state index < -0.39 is 0 Å². The summed E-state index contributed by atoms with van der Waals surface area (Å²) in [4.78, 5) is 4.88. The summed E-state index contributed by atoms with van der Waals surface area (Å²) in [7, 11) is 4.46. The lowest BCUT2D eigenvalue weighted by atomic mass is 9.90. The third-order valence-corrected chi connectivity index (χ3v) is 4.36. The van der Waals surface area contributed by atoms with E-state index in [0.29, 0.717) is 6.04 Å². The molecule has 2 rings (SSSR count). The number of likely N-dealkylation sites (N-methyl/N-ethyl adjacent to an activating group) is 1. The molecule has 2 saturated heterocycles. The Morgan fingerprint density at radius 1 is 1.00 bits per heavy atom. The van der Waals surface area contributed by atoms with Gasteiger partial charge in [-0.3, -0.25) is 0 Å². The first-order chi connectivity index (χ1) is 7.65. The van der Waals surface area contributed by atoms with Crippen LogP contribution in [0, 0.1) is 5.92 Å². The summed E-state index contributed by atoms with van der Waals surface area (Å²) in [6.07, 6.45) is 4.06. The molecule has 0 aromatic heterocycles. The summed E-state index contributed by atoms with van der Waals surface area (Å²) in [5.74, 6) is 0.891. The molecule has 2 heterocycles. The second-order valence-corrected chi connectivity index (χ2v) is 5.84. The van der Waals surface area contributed by atoms with Gasteiger partial charge < -0.3 is 15.1 Å². The Kier molecular flexibility index (Phi) is 4.22. The van der Waals surface area contributed by atoms with Crippen molar-refractivity contribution in [3.63, 3.8) is 0 Å². The fourth-order valence-electron chi connectivity index (χ4n) is 3.11. The van der Waals surface area contributed by atoms with Gasteiger partial charge in [-0.15, -0.1) is 0 Å². The maximum atomic E-state index is 3.83. The molecule has 0 radical (unpaired) electrons. The van der Waals surface area contributed by atoms with E-state index in [-0.39, 0.29) is 0 Å². The minimum atomic E-state index is 0.699. The molecule has 0 aliphatic carbocycles. The second kappa shape index (κ2) is 5.48. The third-order valence-electron chi connectivity index (χ3n) is 4.36. The molecule has 0 spiro atoms. The molecular formula is C13H27N3. The average Bonchev–Trinajstić information content (AvgIpc) is 2.65. The molecule has 2 atom stereocenters. The quantitative estimate of drug-likeness (QED) is 0.773. The smallest absolute Gasteiger partial charge is 0.0209 e. The molecule has 16 heavy (non-hydrogen) atoms. The zero-order valence-electron chi connectivity index (χ0n) is 11.1. The summed E-state index contributed by atoms with van der Waals surface area (Å²) in [6.45, 7) is 7.44. The fraction of sp³-hybridized carbons (Fsp3) is 1.00. The number of piperidine rings is 1. The zero-order chi connectivity index (χ0) is 11.5. The van der Waals surface area contributed by atoms with E-state index in [1.54, 1.807) is 0 Å². The minimum Gasteiger partial charge on any atom is -0.310 e. The maximum Gasteiger partial charge on any atom is 0.0209 e. The SMILES string of the molecule is CC(NC1CCN(C)C1)C1CCN(C)CC1. The Morgan fingerprint density at radius 3 is 2.19 bits per heavy atom. The normalized spacial score (nSPS) is 32.1. The monoisotopic (exact) mass is 225 g/mol. The van der Waals surface area contributed by atoms with Gasteiger partial charge in [0.2, 0.25) is 0 Å². The van der Waals surface area contributed by atoms with Gasteiger partial charge in [-0.25, -0.2) is 0 Å². The highest BCUT2D eigenvalue weighted by Gasteiger charge is 2.26. The topological polar surface area (TPSA) is 18.5 Å². The van der Waals surface area contributed by atoms with Crippen LogP contribution < -0.4 is 5.32 Å². The van der Waals surface area contributed by atoms with Crippen LogP contribution >= 0.6 is 0 Å². The summed E-state index contributed by atoms with van der Waals surface area (Å²) in [5, 5.41) is 3.83. The van der Waals surface area contributed by atoms with Gasteiger partial charge in [0.25, 0.3) is 0 Å². The van der Waals surface area contributed by atoms with Crippen molar-refractivity contribution in [2.24, 2.45) is 5.92 Å². The largest absolute Gasteiger partial charge is 0.310 e.